The zero-order valence-electron chi connectivity index (χ0n) is 21.4. The Morgan fingerprint density at radius 3 is 2.62 bits per heavy atom. The number of rotatable bonds is 4. The third kappa shape index (κ3) is 3.93. The average Bonchev–Trinajstić information content (AvgIpc) is 3.36. The highest BCUT2D eigenvalue weighted by atomic mass is 32.2. The fraction of sp³-hybridized carbons (Fsp3) is 0.444. The second-order valence-corrected chi connectivity index (χ2v) is 12.4. The summed E-state index contributed by atoms with van der Waals surface area (Å²) < 4.78 is 30.0. The van der Waals surface area contributed by atoms with Crippen LogP contribution in [0.4, 0.5) is 0 Å². The summed E-state index contributed by atoms with van der Waals surface area (Å²) >= 11 is 0. The fourth-order valence-corrected chi connectivity index (χ4v) is 6.88. The second kappa shape index (κ2) is 8.95. The molecule has 0 saturated heterocycles. The van der Waals surface area contributed by atoms with E-state index < -0.39 is 16.1 Å². The van der Waals surface area contributed by atoms with Crippen LogP contribution in [0.2, 0.25) is 0 Å². The topological polar surface area (TPSA) is 100 Å². The Kier molecular flexibility index (Phi) is 5.83. The number of nitrogens with one attached hydrogen (secondary N) is 1. The molecule has 1 saturated carbocycles. The van der Waals surface area contributed by atoms with Crippen molar-refractivity contribution in [3.05, 3.63) is 70.9 Å². The summed E-state index contributed by atoms with van der Waals surface area (Å²) in [5.41, 5.74) is 5.24. The summed E-state index contributed by atoms with van der Waals surface area (Å²) in [6.45, 7) is 2.53. The molecule has 1 fully saturated rings. The second-order valence-electron chi connectivity index (χ2n) is 10.5. The first-order chi connectivity index (χ1) is 17.8. The summed E-state index contributed by atoms with van der Waals surface area (Å²) in [6, 6.07) is 8.32. The maximum absolute atomic E-state index is 13.0. The molecule has 1 amide bonds. The van der Waals surface area contributed by atoms with Gasteiger partial charge in [-0.1, -0.05) is 49.6 Å². The smallest absolute Gasteiger partial charge is 0.303 e. The number of amides is 1. The molecule has 0 spiro atoms. The SMILES string of the molecule is Cc1nnc2n1-c1ccccc1C1=C(C3CCCCC3)C3C=CC(C(=O)NS(=O)(=O)N(C)C)=CC3N1C2. The average molecular weight is 521 g/mol. The number of hydrogen-bond donors (Lipinski definition) is 1. The lowest BCUT2D eigenvalue weighted by molar-refractivity contribution is -0.115. The van der Waals surface area contributed by atoms with Crippen LogP contribution in [-0.2, 0) is 21.5 Å². The Morgan fingerprint density at radius 1 is 1.11 bits per heavy atom. The Labute approximate surface area is 217 Å². The quantitative estimate of drug-likeness (QED) is 0.665. The van der Waals surface area contributed by atoms with Crippen LogP contribution in [0.3, 0.4) is 0 Å². The van der Waals surface area contributed by atoms with Gasteiger partial charge in [0.1, 0.15) is 5.82 Å². The van der Waals surface area contributed by atoms with E-state index >= 15 is 0 Å². The third-order valence-electron chi connectivity index (χ3n) is 8.09. The Bertz CT molecular complexity index is 1460. The first kappa shape index (κ1) is 24.1. The monoisotopic (exact) mass is 520 g/mol. The van der Waals surface area contributed by atoms with Crippen molar-refractivity contribution in [1.29, 1.82) is 0 Å². The molecule has 10 heteroatoms. The predicted octanol–water partition coefficient (Wildman–Crippen LogP) is 3.10. The molecule has 9 nitrogen and oxygen atoms in total. The van der Waals surface area contributed by atoms with Gasteiger partial charge in [-0.05, 0) is 43.4 Å². The van der Waals surface area contributed by atoms with E-state index in [0.717, 1.165) is 40.0 Å². The number of benzene rings is 1. The fourth-order valence-electron chi connectivity index (χ4n) is 6.34. The van der Waals surface area contributed by atoms with E-state index in [1.165, 1.54) is 44.6 Å². The van der Waals surface area contributed by atoms with Crippen LogP contribution in [0.25, 0.3) is 11.4 Å². The molecular weight excluding hydrogens is 488 g/mol. The van der Waals surface area contributed by atoms with Gasteiger partial charge in [0.15, 0.2) is 5.82 Å². The predicted molar refractivity (Wildman–Crippen MR) is 140 cm³/mol. The molecule has 2 aromatic rings. The van der Waals surface area contributed by atoms with Crippen molar-refractivity contribution in [3.8, 4) is 5.69 Å². The van der Waals surface area contributed by atoms with Gasteiger partial charge >= 0.3 is 10.2 Å². The minimum Gasteiger partial charge on any atom is -0.356 e. The standard InChI is InChI=1S/C27H32N6O3S/c1-17-28-29-24-16-32-23-15-19(27(34)30-37(35,36)31(2)3)13-14-20(23)25(18-9-5-4-6-10-18)26(32)21-11-7-8-12-22(21)33(17)24/h7-8,11-15,18,20,23H,4-6,9-10,16H2,1-3H3,(H,30,34). The zero-order valence-corrected chi connectivity index (χ0v) is 22.2. The molecule has 2 aliphatic heterocycles. The molecule has 194 valence electrons. The van der Waals surface area contributed by atoms with Gasteiger partial charge in [0.2, 0.25) is 0 Å². The van der Waals surface area contributed by atoms with Crippen LogP contribution in [0.15, 0.2) is 53.6 Å². The van der Waals surface area contributed by atoms with Gasteiger partial charge < -0.3 is 4.90 Å². The molecule has 2 unspecified atom stereocenters. The molecule has 0 radical (unpaired) electrons. The van der Waals surface area contributed by atoms with Crippen LogP contribution >= 0.6 is 0 Å². The number of carbonyl (C=O) groups is 1. The van der Waals surface area contributed by atoms with Gasteiger partial charge in [0.25, 0.3) is 5.91 Å². The largest absolute Gasteiger partial charge is 0.356 e. The van der Waals surface area contributed by atoms with Crippen LogP contribution in [0.5, 0.6) is 0 Å². The summed E-state index contributed by atoms with van der Waals surface area (Å²) in [5, 5.41) is 8.89. The van der Waals surface area contributed by atoms with Gasteiger partial charge in [0.05, 0.1) is 18.3 Å². The van der Waals surface area contributed by atoms with E-state index in [9.17, 15) is 13.2 Å². The molecule has 37 heavy (non-hydrogen) atoms. The summed E-state index contributed by atoms with van der Waals surface area (Å²) in [5.74, 6) is 1.66. The van der Waals surface area contributed by atoms with E-state index in [1.54, 1.807) is 6.08 Å². The lowest BCUT2D eigenvalue weighted by Gasteiger charge is -2.31. The molecule has 2 aliphatic carbocycles. The summed E-state index contributed by atoms with van der Waals surface area (Å²) in [7, 11) is -1.10. The van der Waals surface area contributed by atoms with Gasteiger partial charge in [-0.3, -0.25) is 9.36 Å². The van der Waals surface area contributed by atoms with Gasteiger partial charge in [-0.2, -0.15) is 12.7 Å². The lowest BCUT2D eigenvalue weighted by Crippen LogP contribution is -2.41. The van der Waals surface area contributed by atoms with E-state index in [0.29, 0.717) is 18.0 Å². The minimum absolute atomic E-state index is 0.114. The van der Waals surface area contributed by atoms with Gasteiger partial charge in [-0.15, -0.1) is 10.2 Å². The Morgan fingerprint density at radius 2 is 1.86 bits per heavy atom. The molecule has 3 heterocycles. The molecule has 1 aromatic heterocycles. The van der Waals surface area contributed by atoms with Crippen molar-refractivity contribution in [2.24, 2.45) is 11.8 Å². The third-order valence-corrected chi connectivity index (χ3v) is 9.50. The van der Waals surface area contributed by atoms with E-state index in [-0.39, 0.29) is 12.0 Å². The molecule has 0 bridgehead atoms. The molecule has 6 rings (SSSR count). The van der Waals surface area contributed by atoms with Crippen LogP contribution in [-0.4, -0.2) is 58.4 Å². The highest BCUT2D eigenvalue weighted by molar-refractivity contribution is 7.87. The van der Waals surface area contributed by atoms with Crippen LogP contribution in [0.1, 0.15) is 49.3 Å². The van der Waals surface area contributed by atoms with E-state index in [4.69, 9.17) is 0 Å². The number of fused-ring (bicyclic) bond motifs is 7. The number of carbonyl (C=O) groups excluding carboxylic acids is 1. The molecular formula is C27H32N6O3S. The Balaban J connectivity index is 1.49. The van der Waals surface area contributed by atoms with Crippen molar-refractivity contribution >= 4 is 21.8 Å². The number of aryl methyl sites for hydroxylation is 1. The number of nitrogens with zero attached hydrogens (tertiary/aromatic N) is 5. The van der Waals surface area contributed by atoms with Gasteiger partial charge in [-0.25, -0.2) is 4.72 Å². The lowest BCUT2D eigenvalue weighted by atomic mass is 9.75. The minimum atomic E-state index is -3.89. The van der Waals surface area contributed by atoms with Gasteiger partial charge in [0, 0.05) is 36.8 Å². The molecule has 1 N–H and O–H groups in total. The zero-order chi connectivity index (χ0) is 25.9. The first-order valence-electron chi connectivity index (χ1n) is 12.9. The number of aromatic nitrogens is 3. The first-order valence-corrected chi connectivity index (χ1v) is 14.4. The van der Waals surface area contributed by atoms with Crippen molar-refractivity contribution in [2.75, 3.05) is 14.1 Å². The van der Waals surface area contributed by atoms with E-state index in [2.05, 4.69) is 48.7 Å². The van der Waals surface area contributed by atoms with Crippen molar-refractivity contribution < 1.29 is 13.2 Å². The summed E-state index contributed by atoms with van der Waals surface area (Å²) in [6.07, 6.45) is 11.9. The highest BCUT2D eigenvalue weighted by Gasteiger charge is 2.45. The van der Waals surface area contributed by atoms with Crippen LogP contribution in [0, 0.1) is 18.8 Å². The van der Waals surface area contributed by atoms with E-state index in [1.807, 2.05) is 19.1 Å². The maximum atomic E-state index is 13.0. The van der Waals surface area contributed by atoms with Crippen molar-refractivity contribution in [1.82, 2.24) is 28.7 Å². The Hall–Kier alpha value is -3.24. The van der Waals surface area contributed by atoms with Crippen molar-refractivity contribution in [2.45, 2.75) is 51.6 Å². The normalized spacial score (nSPS) is 23.2. The van der Waals surface area contributed by atoms with Crippen molar-refractivity contribution in [3.63, 3.8) is 0 Å². The summed E-state index contributed by atoms with van der Waals surface area (Å²) in [4.78, 5) is 15.4. The maximum Gasteiger partial charge on any atom is 0.303 e. The molecule has 4 aliphatic rings. The number of para-hydroxylation sites is 1. The highest BCUT2D eigenvalue weighted by Crippen LogP contribution is 2.51. The molecule has 2 atom stereocenters. The van der Waals surface area contributed by atoms with Crippen LogP contribution < -0.4 is 4.72 Å². The molecule has 1 aromatic carbocycles. The number of hydrogen-bond acceptors (Lipinski definition) is 6.